The first-order valence-electron chi connectivity index (χ1n) is 11.7. The fourth-order valence-corrected chi connectivity index (χ4v) is 4.58. The molecule has 1 aromatic heterocycles. The minimum atomic E-state index is -0.471. The maximum absolute atomic E-state index is 14.3. The van der Waals surface area contributed by atoms with Gasteiger partial charge in [0.25, 0.3) is 5.91 Å². The molecule has 4 aromatic rings. The molecule has 9 heteroatoms. The van der Waals surface area contributed by atoms with Crippen LogP contribution in [0.3, 0.4) is 0 Å². The first kappa shape index (κ1) is 24.3. The number of hydrogen-bond acceptors (Lipinski definition) is 7. The Kier molecular flexibility index (Phi) is 6.52. The van der Waals surface area contributed by atoms with Gasteiger partial charge in [-0.3, -0.25) is 4.79 Å². The number of ether oxygens (including phenoxy) is 4. The molecule has 0 atom stereocenters. The van der Waals surface area contributed by atoms with E-state index in [1.807, 2.05) is 18.2 Å². The first-order chi connectivity index (χ1) is 17.9. The summed E-state index contributed by atoms with van der Waals surface area (Å²) in [6, 6.07) is 13.4. The van der Waals surface area contributed by atoms with Crippen LogP contribution in [-0.2, 0) is 13.0 Å². The van der Waals surface area contributed by atoms with E-state index in [0.29, 0.717) is 53.2 Å². The number of amides is 1. The smallest absolute Gasteiger partial charge is 0.273 e. The molecular formula is C28H26FN3O5. The molecule has 1 aliphatic rings. The quantitative estimate of drug-likeness (QED) is 0.378. The van der Waals surface area contributed by atoms with Crippen molar-refractivity contribution in [2.75, 3.05) is 35.0 Å². The zero-order chi connectivity index (χ0) is 26.1. The lowest BCUT2D eigenvalue weighted by Crippen LogP contribution is -2.36. The Balaban J connectivity index is 1.60. The van der Waals surface area contributed by atoms with Gasteiger partial charge in [0.2, 0.25) is 5.75 Å². The lowest BCUT2D eigenvalue weighted by Gasteiger charge is -2.29. The molecule has 3 aromatic carbocycles. The molecule has 0 fully saturated rings. The Hall–Kier alpha value is -4.40. The van der Waals surface area contributed by atoms with E-state index in [0.717, 1.165) is 16.9 Å². The molecule has 0 N–H and O–H groups in total. The predicted octanol–water partition coefficient (Wildman–Crippen LogP) is 4.67. The van der Waals surface area contributed by atoms with E-state index in [2.05, 4.69) is 9.97 Å². The number of aromatic nitrogens is 2. The van der Waals surface area contributed by atoms with E-state index in [4.69, 9.17) is 18.9 Å². The Labute approximate surface area is 213 Å². The second-order valence-corrected chi connectivity index (χ2v) is 8.58. The van der Waals surface area contributed by atoms with Crippen molar-refractivity contribution >= 4 is 16.8 Å². The number of fused-ring (bicyclic) bond motifs is 2. The molecule has 0 unspecified atom stereocenters. The van der Waals surface area contributed by atoms with Crippen LogP contribution in [0.5, 0.6) is 23.0 Å². The Morgan fingerprint density at radius 2 is 1.62 bits per heavy atom. The van der Waals surface area contributed by atoms with Crippen LogP contribution in [0.2, 0.25) is 0 Å². The average molecular weight is 504 g/mol. The number of carbonyl (C=O) groups is 1. The van der Waals surface area contributed by atoms with Gasteiger partial charge in [0.1, 0.15) is 17.3 Å². The highest BCUT2D eigenvalue weighted by molar-refractivity contribution is 6.05. The summed E-state index contributed by atoms with van der Waals surface area (Å²) in [4.78, 5) is 24.8. The van der Waals surface area contributed by atoms with E-state index < -0.39 is 5.82 Å². The second kappa shape index (κ2) is 9.93. The molecule has 5 rings (SSSR count). The minimum absolute atomic E-state index is 0.130. The number of halogens is 1. The normalized spacial score (nSPS) is 12.7. The summed E-state index contributed by atoms with van der Waals surface area (Å²) < 4.78 is 35.9. The Bertz CT molecular complexity index is 1480. The summed E-state index contributed by atoms with van der Waals surface area (Å²) >= 11 is 0. The number of carbonyl (C=O) groups excluding carboxylic acids is 1. The van der Waals surface area contributed by atoms with Crippen LogP contribution in [0, 0.1) is 5.82 Å². The van der Waals surface area contributed by atoms with Gasteiger partial charge in [-0.15, -0.1) is 0 Å². The summed E-state index contributed by atoms with van der Waals surface area (Å²) in [5, 5.41) is 0.349. The molecule has 0 aliphatic carbocycles. The monoisotopic (exact) mass is 503 g/mol. The molecule has 0 saturated carbocycles. The lowest BCUT2D eigenvalue weighted by atomic mass is 9.99. The highest BCUT2D eigenvalue weighted by atomic mass is 19.1. The number of rotatable bonds is 6. The summed E-state index contributed by atoms with van der Waals surface area (Å²) in [5.41, 5.74) is 3.32. The predicted molar refractivity (Wildman–Crippen MR) is 136 cm³/mol. The maximum atomic E-state index is 14.3. The van der Waals surface area contributed by atoms with Gasteiger partial charge in [0.05, 0.1) is 34.0 Å². The van der Waals surface area contributed by atoms with Crippen molar-refractivity contribution in [2.45, 2.75) is 13.0 Å². The third kappa shape index (κ3) is 4.48. The van der Waals surface area contributed by atoms with Crippen molar-refractivity contribution in [3.8, 4) is 34.4 Å². The summed E-state index contributed by atoms with van der Waals surface area (Å²) in [5.74, 6) is 1.58. The lowest BCUT2D eigenvalue weighted by molar-refractivity contribution is 0.0731. The largest absolute Gasteiger partial charge is 0.497 e. The van der Waals surface area contributed by atoms with Crippen LogP contribution < -0.4 is 18.9 Å². The zero-order valence-electron chi connectivity index (χ0n) is 21.0. The van der Waals surface area contributed by atoms with E-state index in [1.54, 1.807) is 30.2 Å². The Morgan fingerprint density at radius 3 is 2.30 bits per heavy atom. The van der Waals surface area contributed by atoms with Gasteiger partial charge in [-0.2, -0.15) is 0 Å². The van der Waals surface area contributed by atoms with Gasteiger partial charge in [-0.1, -0.05) is 6.07 Å². The molecule has 1 aliphatic heterocycles. The van der Waals surface area contributed by atoms with Crippen LogP contribution in [0.25, 0.3) is 22.3 Å². The third-order valence-electron chi connectivity index (χ3n) is 6.50. The number of benzene rings is 3. The topological polar surface area (TPSA) is 83.0 Å². The van der Waals surface area contributed by atoms with Crippen LogP contribution in [0.1, 0.15) is 21.6 Å². The highest BCUT2D eigenvalue weighted by Gasteiger charge is 2.26. The van der Waals surface area contributed by atoms with Crippen LogP contribution in [0.15, 0.2) is 48.5 Å². The summed E-state index contributed by atoms with van der Waals surface area (Å²) in [6.45, 7) is 0.914. The maximum Gasteiger partial charge on any atom is 0.273 e. The third-order valence-corrected chi connectivity index (χ3v) is 6.50. The average Bonchev–Trinajstić information content (AvgIpc) is 2.94. The van der Waals surface area contributed by atoms with E-state index in [1.165, 1.54) is 33.5 Å². The molecular weight excluding hydrogens is 477 g/mol. The zero-order valence-corrected chi connectivity index (χ0v) is 21.0. The number of hydrogen-bond donors (Lipinski definition) is 0. The Morgan fingerprint density at radius 1 is 0.865 bits per heavy atom. The molecule has 37 heavy (non-hydrogen) atoms. The van der Waals surface area contributed by atoms with Gasteiger partial charge in [0, 0.05) is 24.0 Å². The fourth-order valence-electron chi connectivity index (χ4n) is 4.58. The van der Waals surface area contributed by atoms with Crippen molar-refractivity contribution in [2.24, 2.45) is 0 Å². The standard InChI is InChI=1S/C28H26FN3O5/c1-34-20-7-5-17-15-32(10-9-16(17)11-20)28(33)25-21-14-19(29)6-8-22(21)30-27(31-25)18-12-23(35-2)26(37-4)24(13-18)36-3/h5-8,11-14H,9-10,15H2,1-4H3. The number of nitrogens with zero attached hydrogens (tertiary/aromatic N) is 3. The van der Waals surface area contributed by atoms with Crippen LogP contribution in [0.4, 0.5) is 4.39 Å². The number of methoxy groups -OCH3 is 4. The molecule has 2 heterocycles. The van der Waals surface area contributed by atoms with E-state index in [9.17, 15) is 9.18 Å². The molecule has 0 spiro atoms. The minimum Gasteiger partial charge on any atom is -0.497 e. The fraction of sp³-hybridized carbons (Fsp3) is 0.250. The second-order valence-electron chi connectivity index (χ2n) is 8.58. The molecule has 190 valence electrons. The van der Waals surface area contributed by atoms with E-state index >= 15 is 0 Å². The molecule has 8 nitrogen and oxygen atoms in total. The van der Waals surface area contributed by atoms with Crippen molar-refractivity contribution < 1.29 is 28.1 Å². The van der Waals surface area contributed by atoms with Crippen molar-refractivity contribution in [3.63, 3.8) is 0 Å². The van der Waals surface area contributed by atoms with Crippen molar-refractivity contribution in [1.29, 1.82) is 0 Å². The molecule has 0 saturated heterocycles. The highest BCUT2D eigenvalue weighted by Crippen LogP contribution is 2.41. The molecule has 0 bridgehead atoms. The van der Waals surface area contributed by atoms with Crippen molar-refractivity contribution in [3.05, 3.63) is 71.2 Å². The first-order valence-corrected chi connectivity index (χ1v) is 11.7. The summed E-state index contributed by atoms with van der Waals surface area (Å²) in [7, 11) is 6.18. The van der Waals surface area contributed by atoms with Gasteiger partial charge >= 0.3 is 0 Å². The van der Waals surface area contributed by atoms with Crippen LogP contribution in [-0.4, -0.2) is 55.8 Å². The summed E-state index contributed by atoms with van der Waals surface area (Å²) in [6.07, 6.45) is 0.676. The van der Waals surface area contributed by atoms with Gasteiger partial charge < -0.3 is 23.8 Å². The van der Waals surface area contributed by atoms with Crippen LogP contribution >= 0.6 is 0 Å². The molecule has 1 amide bonds. The van der Waals surface area contributed by atoms with E-state index in [-0.39, 0.29) is 17.4 Å². The van der Waals surface area contributed by atoms with Gasteiger partial charge in [-0.25, -0.2) is 14.4 Å². The SMILES string of the molecule is COc1ccc2c(c1)CCN(C(=O)c1nc(-c3cc(OC)c(OC)c(OC)c3)nc3ccc(F)cc13)C2. The van der Waals surface area contributed by atoms with Gasteiger partial charge in [-0.05, 0) is 60.0 Å². The van der Waals surface area contributed by atoms with Crippen molar-refractivity contribution in [1.82, 2.24) is 14.9 Å². The van der Waals surface area contributed by atoms with Gasteiger partial charge in [0.15, 0.2) is 17.3 Å². The molecule has 0 radical (unpaired) electrons.